The fourth-order valence-corrected chi connectivity index (χ4v) is 5.27. The van der Waals surface area contributed by atoms with E-state index in [9.17, 15) is 0 Å². The second-order valence-electron chi connectivity index (χ2n) is 10.3. The summed E-state index contributed by atoms with van der Waals surface area (Å²) in [5, 5.41) is 0. The number of nitrogen functional groups attached to an aromatic ring is 1. The minimum absolute atomic E-state index is 0.410. The first-order chi connectivity index (χ1) is 14.7. The average Bonchev–Trinajstić information content (AvgIpc) is 3.02. The van der Waals surface area contributed by atoms with Gasteiger partial charge in [0.05, 0.1) is 7.05 Å². The lowest BCUT2D eigenvalue weighted by Gasteiger charge is -2.40. The number of quaternary nitrogens is 1. The highest BCUT2D eigenvalue weighted by Crippen LogP contribution is 2.45. The van der Waals surface area contributed by atoms with Crippen molar-refractivity contribution in [2.45, 2.75) is 72.6 Å². The first-order valence-electron chi connectivity index (χ1n) is 11.9. The molecule has 5 heteroatoms. The monoisotopic (exact) mass is 424 g/mol. The maximum absolute atomic E-state index is 6.11. The first-order valence-corrected chi connectivity index (χ1v) is 11.9. The molecule has 3 N–H and O–H groups in total. The molecule has 1 aromatic rings. The average molecular weight is 425 g/mol. The molecule has 1 fully saturated rings. The second kappa shape index (κ2) is 9.99. The van der Waals surface area contributed by atoms with E-state index in [0.29, 0.717) is 17.2 Å². The number of nitrogens with one attached hydrogen (secondary N) is 1. The normalized spacial score (nSPS) is 23.9. The van der Waals surface area contributed by atoms with Gasteiger partial charge in [-0.25, -0.2) is 4.98 Å². The van der Waals surface area contributed by atoms with Crippen LogP contribution in [0.25, 0.3) is 0 Å². The third-order valence-electron chi connectivity index (χ3n) is 7.27. The molecule has 3 rings (SSSR count). The van der Waals surface area contributed by atoms with E-state index >= 15 is 0 Å². The summed E-state index contributed by atoms with van der Waals surface area (Å²) in [6.45, 7) is 15.5. The highest BCUT2D eigenvalue weighted by atomic mass is 15.4. The summed E-state index contributed by atoms with van der Waals surface area (Å²) >= 11 is 0. The van der Waals surface area contributed by atoms with Crippen LogP contribution in [0.5, 0.6) is 0 Å². The lowest BCUT2D eigenvalue weighted by atomic mass is 9.65. The summed E-state index contributed by atoms with van der Waals surface area (Å²) in [5.41, 5.74) is 11.9. The maximum atomic E-state index is 6.11. The summed E-state index contributed by atoms with van der Waals surface area (Å²) in [4.78, 5) is 12.1. The van der Waals surface area contributed by atoms with Gasteiger partial charge in [-0.15, -0.1) is 0 Å². The van der Waals surface area contributed by atoms with Gasteiger partial charge in [-0.3, -0.25) is 4.90 Å². The molecule has 0 bridgehead atoms. The number of allylic oxidation sites excluding steroid dienone is 4. The Balaban J connectivity index is 1.46. The van der Waals surface area contributed by atoms with Crippen LogP contribution < -0.4 is 15.5 Å². The van der Waals surface area contributed by atoms with Crippen molar-refractivity contribution in [3.8, 4) is 0 Å². The molecule has 2 atom stereocenters. The molecule has 2 aliphatic rings. The van der Waals surface area contributed by atoms with Crippen LogP contribution in [0.2, 0.25) is 0 Å². The van der Waals surface area contributed by atoms with Gasteiger partial charge < -0.3 is 10.6 Å². The zero-order valence-electron chi connectivity index (χ0n) is 20.3. The summed E-state index contributed by atoms with van der Waals surface area (Å²) in [6.07, 6.45) is 14.8. The number of nitrogens with zero attached hydrogens (tertiary/aromatic N) is 3. The third-order valence-corrected chi connectivity index (χ3v) is 7.27. The van der Waals surface area contributed by atoms with Gasteiger partial charge in [0, 0.05) is 6.54 Å². The highest BCUT2D eigenvalue weighted by molar-refractivity contribution is 5.73. The zero-order chi connectivity index (χ0) is 22.6. The van der Waals surface area contributed by atoms with Gasteiger partial charge in [0.1, 0.15) is 6.33 Å². The number of hydrogen-bond acceptors (Lipinski definition) is 4. The van der Waals surface area contributed by atoms with Crippen molar-refractivity contribution in [1.82, 2.24) is 9.97 Å². The van der Waals surface area contributed by atoms with E-state index in [4.69, 9.17) is 5.73 Å². The van der Waals surface area contributed by atoms with Gasteiger partial charge in [-0.2, -0.15) is 4.98 Å². The van der Waals surface area contributed by atoms with Crippen LogP contribution in [0.1, 0.15) is 72.6 Å². The first kappa shape index (κ1) is 23.5. The molecule has 5 nitrogen and oxygen atoms in total. The molecule has 0 radical (unpaired) electrons. The Labute approximate surface area is 189 Å². The van der Waals surface area contributed by atoms with Gasteiger partial charge in [0.15, 0.2) is 18.2 Å². The Morgan fingerprint density at radius 2 is 2.00 bits per heavy atom. The van der Waals surface area contributed by atoms with Crippen molar-refractivity contribution in [2.75, 3.05) is 30.9 Å². The molecule has 2 heterocycles. The van der Waals surface area contributed by atoms with E-state index in [1.54, 1.807) is 6.33 Å². The van der Waals surface area contributed by atoms with Crippen molar-refractivity contribution in [3.05, 3.63) is 41.8 Å². The van der Waals surface area contributed by atoms with Gasteiger partial charge in [-0.1, -0.05) is 49.3 Å². The van der Waals surface area contributed by atoms with Crippen molar-refractivity contribution in [2.24, 2.45) is 11.3 Å². The molecule has 31 heavy (non-hydrogen) atoms. The molecule has 1 saturated carbocycles. The highest BCUT2D eigenvalue weighted by Gasteiger charge is 2.34. The lowest BCUT2D eigenvalue weighted by molar-refractivity contribution is -0.805. The summed E-state index contributed by atoms with van der Waals surface area (Å²) in [7, 11) is 2.12. The molecule has 0 aromatic carbocycles. The Bertz CT molecular complexity index is 851. The molecule has 1 aliphatic heterocycles. The number of nitrogens with two attached hydrogens (primary N) is 1. The molecule has 170 valence electrons. The van der Waals surface area contributed by atoms with E-state index in [1.807, 2.05) is 0 Å². The summed E-state index contributed by atoms with van der Waals surface area (Å²) < 4.78 is 0. The van der Waals surface area contributed by atoms with Gasteiger partial charge in [0.25, 0.3) is 5.82 Å². The van der Waals surface area contributed by atoms with Gasteiger partial charge >= 0.3 is 0 Å². The third kappa shape index (κ3) is 5.76. The van der Waals surface area contributed by atoms with Crippen LogP contribution in [0.3, 0.4) is 0 Å². The summed E-state index contributed by atoms with van der Waals surface area (Å²) in [6, 6.07) is 0. The predicted octanol–water partition coefficient (Wildman–Crippen LogP) is 4.82. The van der Waals surface area contributed by atoms with E-state index in [-0.39, 0.29) is 0 Å². The zero-order valence-corrected chi connectivity index (χ0v) is 20.3. The smallest absolute Gasteiger partial charge is 0.256 e. The van der Waals surface area contributed by atoms with Crippen molar-refractivity contribution < 1.29 is 4.90 Å². The minimum atomic E-state index is 0.410. The Morgan fingerprint density at radius 3 is 2.74 bits per heavy atom. The van der Waals surface area contributed by atoms with Crippen LogP contribution in [0.15, 0.2) is 41.8 Å². The Kier molecular flexibility index (Phi) is 7.58. The number of hydrogen-bond donors (Lipinski definition) is 2. The van der Waals surface area contributed by atoms with Crippen molar-refractivity contribution >= 4 is 17.3 Å². The van der Waals surface area contributed by atoms with Crippen LogP contribution in [-0.4, -0.2) is 30.2 Å². The van der Waals surface area contributed by atoms with E-state index < -0.39 is 0 Å². The van der Waals surface area contributed by atoms with E-state index in [2.05, 4.69) is 68.3 Å². The van der Waals surface area contributed by atoms with Crippen LogP contribution >= 0.6 is 0 Å². The molecular formula is C26H42N5+. The SMILES string of the molecule is C=C1CCCC(C)(C)[C@H]1CCC(C)=CCC/C(C)=C/CN1C[NH+](C)c2ncnc(N)c21. The van der Waals surface area contributed by atoms with Gasteiger partial charge in [-0.05, 0) is 70.1 Å². The number of aromatic nitrogens is 2. The van der Waals surface area contributed by atoms with Gasteiger partial charge in [0.2, 0.25) is 0 Å². The van der Waals surface area contributed by atoms with Crippen molar-refractivity contribution in [1.29, 1.82) is 0 Å². The van der Waals surface area contributed by atoms with Crippen LogP contribution in [-0.2, 0) is 0 Å². The predicted molar refractivity (Wildman–Crippen MR) is 131 cm³/mol. The van der Waals surface area contributed by atoms with Crippen molar-refractivity contribution in [3.63, 3.8) is 0 Å². The maximum Gasteiger partial charge on any atom is 0.256 e. The molecule has 0 amide bonds. The Hall–Kier alpha value is -2.14. The van der Waals surface area contributed by atoms with Crippen LogP contribution in [0.4, 0.5) is 17.3 Å². The molecule has 0 saturated heterocycles. The molecule has 1 aliphatic carbocycles. The second-order valence-corrected chi connectivity index (χ2v) is 10.3. The number of fused-ring (bicyclic) bond motifs is 1. The quantitative estimate of drug-likeness (QED) is 0.588. The molecular weight excluding hydrogens is 382 g/mol. The topological polar surface area (TPSA) is 59.5 Å². The lowest BCUT2D eigenvalue weighted by Crippen LogP contribution is -3.03. The largest absolute Gasteiger partial charge is 0.382 e. The van der Waals surface area contributed by atoms with E-state index in [0.717, 1.165) is 37.6 Å². The standard InChI is InChI=1S/C26H41N5/c1-19(12-13-22-21(3)11-8-15-26(22,4)5)9-7-10-20(2)14-16-31-18-30(6)25-23(31)24(27)28-17-29-25/h9,14,17,22H,3,7-8,10-13,15-16,18H2,1-2,4-6H3,(H2,27,28,29)/p+1/b19-9?,20-14+/t22-/m0/s1. The number of rotatable bonds is 8. The fourth-order valence-electron chi connectivity index (χ4n) is 5.27. The molecule has 1 aromatic heterocycles. The Morgan fingerprint density at radius 1 is 1.26 bits per heavy atom. The molecule has 0 spiro atoms. The summed E-state index contributed by atoms with van der Waals surface area (Å²) in [5.74, 6) is 2.25. The molecule has 1 unspecified atom stereocenters. The van der Waals surface area contributed by atoms with E-state index in [1.165, 1.54) is 53.7 Å². The van der Waals surface area contributed by atoms with Crippen LogP contribution in [0, 0.1) is 11.3 Å². The fraction of sp³-hybridized carbons (Fsp3) is 0.615. The number of anilines is 2. The minimum Gasteiger partial charge on any atom is -0.382 e.